The highest BCUT2D eigenvalue weighted by Crippen LogP contribution is 2.34. The molecule has 0 saturated heterocycles. The van der Waals surface area contributed by atoms with Crippen LogP contribution in [0.1, 0.15) is 37.6 Å². The van der Waals surface area contributed by atoms with E-state index in [-0.39, 0.29) is 17.9 Å². The van der Waals surface area contributed by atoms with Crippen LogP contribution in [-0.2, 0) is 13.7 Å². The highest BCUT2D eigenvalue weighted by atomic mass is 19.1. The van der Waals surface area contributed by atoms with E-state index in [2.05, 4.69) is 17.8 Å². The van der Waals surface area contributed by atoms with E-state index < -0.39 is 5.82 Å². The van der Waals surface area contributed by atoms with Gasteiger partial charge < -0.3 is 5.11 Å². The maximum absolute atomic E-state index is 14.5. The van der Waals surface area contributed by atoms with Crippen LogP contribution in [-0.4, -0.2) is 14.7 Å². The predicted molar refractivity (Wildman–Crippen MR) is 123 cm³/mol. The monoisotopic (exact) mass is 429 g/mol. The number of allylic oxidation sites excluding steroid dienone is 2. The first-order valence-electron chi connectivity index (χ1n) is 10.6. The lowest BCUT2D eigenvalue weighted by Gasteiger charge is -2.21. The van der Waals surface area contributed by atoms with Crippen LogP contribution in [0.4, 0.5) is 10.1 Å². The molecular weight excluding hydrogens is 405 g/mol. The molecule has 162 valence electrons. The highest BCUT2D eigenvalue weighted by Gasteiger charge is 2.22. The topological polar surface area (TPSA) is 59.5 Å². The summed E-state index contributed by atoms with van der Waals surface area (Å²) in [6, 6.07) is 11.3. The van der Waals surface area contributed by atoms with E-state index in [4.69, 9.17) is 11.6 Å². The van der Waals surface area contributed by atoms with Crippen molar-refractivity contribution < 1.29 is 9.50 Å². The van der Waals surface area contributed by atoms with Crippen LogP contribution in [0, 0.1) is 18.3 Å². The molecule has 3 aromatic rings. The van der Waals surface area contributed by atoms with Crippen LogP contribution in [0.3, 0.4) is 0 Å². The zero-order valence-corrected chi connectivity index (χ0v) is 18.1. The summed E-state index contributed by atoms with van der Waals surface area (Å²) in [5.41, 5.74) is 3.27. The molecule has 0 radical (unpaired) electrons. The summed E-state index contributed by atoms with van der Waals surface area (Å²) in [5.74, 6) is 0.533. The van der Waals surface area contributed by atoms with Crippen LogP contribution < -0.4 is 5.56 Å². The normalized spacial score (nSPS) is 15.8. The Hall–Kier alpha value is -3.56. The van der Waals surface area contributed by atoms with Gasteiger partial charge >= 0.3 is 0 Å². The van der Waals surface area contributed by atoms with E-state index >= 15 is 0 Å². The first-order valence-corrected chi connectivity index (χ1v) is 10.6. The minimum Gasteiger partial charge on any atom is -0.392 e. The summed E-state index contributed by atoms with van der Waals surface area (Å²) in [4.78, 5) is 21.6. The number of aromatic nitrogens is 2. The summed E-state index contributed by atoms with van der Waals surface area (Å²) >= 11 is 0. The minimum absolute atomic E-state index is 0.0735. The van der Waals surface area contributed by atoms with Crippen LogP contribution >= 0.6 is 0 Å². The Morgan fingerprint density at radius 1 is 1.22 bits per heavy atom. The minimum atomic E-state index is -0.645. The SMILES string of the molecule is [C-]#[N+]c1ccc(-c2nc(C3=CCC(C)CC3)n(C)c(=O)c2-c2ccc(CO)cc2)cc1F. The number of hydrogen-bond donors (Lipinski definition) is 1. The molecule has 2 aromatic carbocycles. The molecule has 0 aliphatic heterocycles. The van der Waals surface area contributed by atoms with Gasteiger partial charge in [0.15, 0.2) is 0 Å². The summed E-state index contributed by atoms with van der Waals surface area (Å²) in [7, 11) is 1.71. The Bertz CT molecular complexity index is 1300. The van der Waals surface area contributed by atoms with Gasteiger partial charge in [0.05, 0.1) is 24.4 Å². The molecule has 6 heteroatoms. The molecular formula is C26H24FN3O2. The Morgan fingerprint density at radius 3 is 2.53 bits per heavy atom. The van der Waals surface area contributed by atoms with Gasteiger partial charge in [-0.25, -0.2) is 14.2 Å². The van der Waals surface area contributed by atoms with Gasteiger partial charge in [-0.3, -0.25) is 9.36 Å². The second kappa shape index (κ2) is 8.89. The maximum atomic E-state index is 14.5. The number of hydrogen-bond acceptors (Lipinski definition) is 3. The number of aliphatic hydroxyl groups is 1. The summed E-state index contributed by atoms with van der Waals surface area (Å²) < 4.78 is 16.0. The molecule has 0 bridgehead atoms. The molecule has 32 heavy (non-hydrogen) atoms. The van der Waals surface area contributed by atoms with Crippen molar-refractivity contribution in [3.05, 3.63) is 87.5 Å². The number of aliphatic hydroxyl groups excluding tert-OH is 1. The summed E-state index contributed by atoms with van der Waals surface area (Å²) in [5, 5.41) is 9.36. The molecule has 1 heterocycles. The lowest BCUT2D eigenvalue weighted by Crippen LogP contribution is -2.25. The average Bonchev–Trinajstić information content (AvgIpc) is 2.81. The molecule has 1 aliphatic carbocycles. The van der Waals surface area contributed by atoms with Crippen molar-refractivity contribution in [3.63, 3.8) is 0 Å². The fourth-order valence-electron chi connectivity index (χ4n) is 4.05. The van der Waals surface area contributed by atoms with Crippen molar-refractivity contribution in [2.24, 2.45) is 13.0 Å². The van der Waals surface area contributed by atoms with Gasteiger partial charge in [-0.05, 0) is 47.9 Å². The third kappa shape index (κ3) is 4.00. The van der Waals surface area contributed by atoms with Crippen LogP contribution in [0.2, 0.25) is 0 Å². The molecule has 1 aromatic heterocycles. The molecule has 0 saturated carbocycles. The zero-order valence-electron chi connectivity index (χ0n) is 18.1. The van der Waals surface area contributed by atoms with E-state index in [9.17, 15) is 14.3 Å². The lowest BCUT2D eigenvalue weighted by molar-refractivity contribution is 0.282. The van der Waals surface area contributed by atoms with Crippen LogP contribution in [0.15, 0.2) is 53.3 Å². The molecule has 0 amide bonds. The number of rotatable bonds is 4. The third-order valence-corrected chi connectivity index (χ3v) is 6.02. The summed E-state index contributed by atoms with van der Waals surface area (Å²) in [6.45, 7) is 9.21. The van der Waals surface area contributed by atoms with E-state index in [1.54, 1.807) is 41.9 Å². The Kier molecular flexibility index (Phi) is 6.02. The standard InChI is InChI=1S/C26H24FN3O2/c1-16-4-8-19(9-5-16)25-29-24(20-12-13-22(28-2)21(27)14-20)23(26(32)30(25)3)18-10-6-17(15-31)7-11-18/h6-8,10-14,16,31H,4-5,9,15H2,1,3H3. The quantitative estimate of drug-likeness (QED) is 0.557. The van der Waals surface area contributed by atoms with Gasteiger partial charge in [-0.2, -0.15) is 0 Å². The molecule has 4 rings (SSSR count). The summed E-state index contributed by atoms with van der Waals surface area (Å²) in [6.07, 6.45) is 4.92. The Balaban J connectivity index is 1.98. The molecule has 1 atom stereocenters. The largest absolute Gasteiger partial charge is 0.392 e. The van der Waals surface area contributed by atoms with Gasteiger partial charge in [0.25, 0.3) is 5.56 Å². The van der Waals surface area contributed by atoms with Gasteiger partial charge in [0.1, 0.15) is 11.6 Å². The van der Waals surface area contributed by atoms with Gasteiger partial charge in [0, 0.05) is 12.6 Å². The first-order chi connectivity index (χ1) is 15.4. The van der Waals surface area contributed by atoms with Crippen LogP contribution in [0.5, 0.6) is 0 Å². The Morgan fingerprint density at radius 2 is 1.94 bits per heavy atom. The van der Waals surface area contributed by atoms with Crippen molar-refractivity contribution in [1.82, 2.24) is 9.55 Å². The number of benzene rings is 2. The van der Waals surface area contributed by atoms with Crippen molar-refractivity contribution in [2.75, 3.05) is 0 Å². The van der Waals surface area contributed by atoms with Gasteiger partial charge in [-0.1, -0.05) is 49.4 Å². The lowest BCUT2D eigenvalue weighted by atomic mass is 9.90. The molecule has 0 spiro atoms. The number of nitrogens with zero attached hydrogens (tertiary/aromatic N) is 3. The fraction of sp³-hybridized carbons (Fsp3) is 0.269. The molecule has 1 N–H and O–H groups in total. The Labute approximate surface area is 186 Å². The van der Waals surface area contributed by atoms with Gasteiger partial charge in [-0.15, -0.1) is 0 Å². The van der Waals surface area contributed by atoms with Crippen LogP contribution in [0.25, 0.3) is 32.8 Å². The van der Waals surface area contributed by atoms with Crippen molar-refractivity contribution in [1.29, 1.82) is 0 Å². The maximum Gasteiger partial charge on any atom is 0.262 e. The molecule has 5 nitrogen and oxygen atoms in total. The molecule has 1 unspecified atom stereocenters. The number of halogens is 1. The zero-order chi connectivity index (χ0) is 22.8. The average molecular weight is 429 g/mol. The van der Waals surface area contributed by atoms with Crippen molar-refractivity contribution >= 4 is 11.3 Å². The smallest absolute Gasteiger partial charge is 0.262 e. The second-order valence-electron chi connectivity index (χ2n) is 8.27. The molecule has 0 fully saturated rings. The van der Waals surface area contributed by atoms with Crippen molar-refractivity contribution in [3.8, 4) is 22.4 Å². The third-order valence-electron chi connectivity index (χ3n) is 6.02. The van der Waals surface area contributed by atoms with E-state index in [0.29, 0.717) is 34.1 Å². The highest BCUT2D eigenvalue weighted by molar-refractivity contribution is 5.82. The second-order valence-corrected chi connectivity index (χ2v) is 8.27. The van der Waals surface area contributed by atoms with Gasteiger partial charge in [0.2, 0.25) is 5.69 Å². The fourth-order valence-corrected chi connectivity index (χ4v) is 4.05. The van der Waals surface area contributed by atoms with E-state index in [0.717, 1.165) is 30.4 Å². The van der Waals surface area contributed by atoms with E-state index in [1.807, 2.05) is 0 Å². The predicted octanol–water partition coefficient (Wildman–Crippen LogP) is 5.50. The first kappa shape index (κ1) is 21.7. The van der Waals surface area contributed by atoms with E-state index in [1.165, 1.54) is 12.1 Å². The molecule has 1 aliphatic rings. The van der Waals surface area contributed by atoms with Crippen molar-refractivity contribution in [2.45, 2.75) is 32.8 Å².